The lowest BCUT2D eigenvalue weighted by molar-refractivity contribution is 0.174. The van der Waals surface area contributed by atoms with Gasteiger partial charge in [-0.1, -0.05) is 26.0 Å². The average Bonchev–Trinajstić information content (AvgIpc) is 2.88. The Morgan fingerprint density at radius 2 is 1.95 bits per heavy atom. The van der Waals surface area contributed by atoms with Crippen molar-refractivity contribution in [3.05, 3.63) is 47.3 Å². The van der Waals surface area contributed by atoms with Crippen LogP contribution in [0.15, 0.2) is 30.5 Å². The van der Waals surface area contributed by atoms with Gasteiger partial charge in [0.15, 0.2) is 0 Å². The summed E-state index contributed by atoms with van der Waals surface area (Å²) in [6, 6.07) is 7.48. The smallest absolute Gasteiger partial charge is 0.118 e. The minimum absolute atomic E-state index is 0.393. The second kappa shape index (κ2) is 7.42. The third-order valence-electron chi connectivity index (χ3n) is 3.64. The number of methoxy groups -OCH3 is 1. The molecule has 120 valence electrons. The van der Waals surface area contributed by atoms with Gasteiger partial charge in [0.2, 0.25) is 0 Å². The third-order valence-corrected chi connectivity index (χ3v) is 3.64. The number of hydrogen-bond acceptors (Lipinski definition) is 4. The second-order valence-electron chi connectivity index (χ2n) is 5.79. The molecule has 0 radical (unpaired) electrons. The Hall–Kier alpha value is -1.85. The molecule has 0 spiro atoms. The van der Waals surface area contributed by atoms with Crippen LogP contribution in [0.2, 0.25) is 0 Å². The van der Waals surface area contributed by atoms with Crippen molar-refractivity contribution in [2.24, 2.45) is 7.05 Å². The van der Waals surface area contributed by atoms with Crippen molar-refractivity contribution in [1.29, 1.82) is 0 Å². The molecule has 0 saturated heterocycles. The lowest BCUT2D eigenvalue weighted by Crippen LogP contribution is -2.21. The van der Waals surface area contributed by atoms with E-state index in [1.807, 2.05) is 42.2 Å². The van der Waals surface area contributed by atoms with Gasteiger partial charge >= 0.3 is 0 Å². The predicted octanol–water partition coefficient (Wildman–Crippen LogP) is 2.38. The number of aliphatic hydroxyl groups is 1. The molecule has 0 aliphatic heterocycles. The van der Waals surface area contributed by atoms with E-state index >= 15 is 0 Å². The lowest BCUT2D eigenvalue weighted by Gasteiger charge is -2.13. The van der Waals surface area contributed by atoms with E-state index in [9.17, 15) is 5.11 Å². The zero-order chi connectivity index (χ0) is 16.1. The minimum atomic E-state index is -0.537. The van der Waals surface area contributed by atoms with Crippen molar-refractivity contribution in [3.8, 4) is 5.75 Å². The van der Waals surface area contributed by atoms with Crippen LogP contribution in [0, 0.1) is 0 Å². The van der Waals surface area contributed by atoms with Gasteiger partial charge in [-0.05, 0) is 23.6 Å². The van der Waals surface area contributed by atoms with Crippen molar-refractivity contribution < 1.29 is 9.84 Å². The molecule has 0 aliphatic rings. The molecule has 1 heterocycles. The number of hydrogen-bond donors (Lipinski definition) is 2. The summed E-state index contributed by atoms with van der Waals surface area (Å²) < 4.78 is 6.96. The lowest BCUT2D eigenvalue weighted by atomic mass is 10.1. The number of ether oxygens (including phenoxy) is 1. The molecule has 1 aromatic heterocycles. The van der Waals surface area contributed by atoms with Gasteiger partial charge in [-0.2, -0.15) is 5.10 Å². The highest BCUT2D eigenvalue weighted by atomic mass is 16.5. The molecule has 2 aromatic rings. The van der Waals surface area contributed by atoms with E-state index in [-0.39, 0.29) is 0 Å². The topological polar surface area (TPSA) is 59.3 Å². The van der Waals surface area contributed by atoms with E-state index in [1.165, 1.54) is 5.56 Å². The molecule has 5 heteroatoms. The number of benzene rings is 1. The first kappa shape index (κ1) is 16.5. The van der Waals surface area contributed by atoms with Gasteiger partial charge < -0.3 is 15.2 Å². The molecule has 0 fully saturated rings. The fraction of sp³-hybridized carbons (Fsp3) is 0.471. The van der Waals surface area contributed by atoms with Crippen molar-refractivity contribution >= 4 is 0 Å². The van der Waals surface area contributed by atoms with Crippen molar-refractivity contribution in [3.63, 3.8) is 0 Å². The van der Waals surface area contributed by atoms with Crippen LogP contribution in [0.4, 0.5) is 0 Å². The molecule has 5 nitrogen and oxygen atoms in total. The fourth-order valence-corrected chi connectivity index (χ4v) is 2.46. The van der Waals surface area contributed by atoms with E-state index < -0.39 is 6.10 Å². The summed E-state index contributed by atoms with van der Waals surface area (Å²) in [4.78, 5) is 0. The van der Waals surface area contributed by atoms with Crippen LogP contribution in [0.25, 0.3) is 0 Å². The number of nitrogens with one attached hydrogen (secondary N) is 1. The summed E-state index contributed by atoms with van der Waals surface area (Å²) in [5.41, 5.74) is 3.16. The Bertz CT molecular complexity index is 590. The summed E-state index contributed by atoms with van der Waals surface area (Å²) >= 11 is 0. The standard InChI is InChI=1S/C17H25N3O2/c1-12(2)17-14(11-20(3)19-17)9-18-10-16(21)13-5-7-15(22-4)8-6-13/h5-8,11-12,16,18,21H,9-10H2,1-4H3/t16-/m0/s1. The van der Waals surface area contributed by atoms with Gasteiger partial charge in [0.05, 0.1) is 18.9 Å². The first-order valence-electron chi connectivity index (χ1n) is 7.56. The highest BCUT2D eigenvalue weighted by Gasteiger charge is 2.12. The first-order valence-corrected chi connectivity index (χ1v) is 7.56. The van der Waals surface area contributed by atoms with Crippen molar-refractivity contribution in [1.82, 2.24) is 15.1 Å². The molecule has 0 aliphatic carbocycles. The second-order valence-corrected chi connectivity index (χ2v) is 5.79. The normalized spacial score (nSPS) is 12.6. The van der Waals surface area contributed by atoms with Gasteiger partial charge in [0.1, 0.15) is 5.75 Å². The molecule has 0 bridgehead atoms. The van der Waals surface area contributed by atoms with E-state index in [0.717, 1.165) is 17.0 Å². The average molecular weight is 303 g/mol. The largest absolute Gasteiger partial charge is 0.497 e. The summed E-state index contributed by atoms with van der Waals surface area (Å²) in [5.74, 6) is 1.19. The summed E-state index contributed by atoms with van der Waals surface area (Å²) in [5, 5.41) is 18.0. The van der Waals surface area contributed by atoms with Crippen LogP contribution < -0.4 is 10.1 Å². The van der Waals surface area contributed by atoms with Gasteiger partial charge in [-0.15, -0.1) is 0 Å². The van der Waals surface area contributed by atoms with E-state index in [0.29, 0.717) is 19.0 Å². The Morgan fingerprint density at radius 1 is 1.27 bits per heavy atom. The van der Waals surface area contributed by atoms with Crippen LogP contribution in [-0.4, -0.2) is 28.5 Å². The maximum Gasteiger partial charge on any atom is 0.118 e. The van der Waals surface area contributed by atoms with Crippen LogP contribution in [-0.2, 0) is 13.6 Å². The van der Waals surface area contributed by atoms with Crippen LogP contribution in [0.3, 0.4) is 0 Å². The van der Waals surface area contributed by atoms with Gasteiger partial charge in [-0.3, -0.25) is 4.68 Å². The molecule has 0 unspecified atom stereocenters. The highest BCUT2D eigenvalue weighted by molar-refractivity contribution is 5.28. The third kappa shape index (κ3) is 4.08. The number of rotatable bonds is 7. The molecule has 1 aromatic carbocycles. The van der Waals surface area contributed by atoms with Gasteiger partial charge in [0.25, 0.3) is 0 Å². The van der Waals surface area contributed by atoms with Gasteiger partial charge in [0, 0.05) is 31.9 Å². The molecule has 1 atom stereocenters. The minimum Gasteiger partial charge on any atom is -0.497 e. The maximum absolute atomic E-state index is 10.2. The Morgan fingerprint density at radius 3 is 2.55 bits per heavy atom. The molecule has 22 heavy (non-hydrogen) atoms. The molecule has 2 rings (SSSR count). The summed E-state index contributed by atoms with van der Waals surface area (Å²) in [7, 11) is 3.56. The van der Waals surface area contributed by atoms with Crippen LogP contribution in [0.1, 0.15) is 42.7 Å². The van der Waals surface area contributed by atoms with Crippen molar-refractivity contribution in [2.75, 3.05) is 13.7 Å². The maximum atomic E-state index is 10.2. The summed E-state index contributed by atoms with van der Waals surface area (Å²) in [6.07, 6.45) is 1.49. The number of nitrogens with zero attached hydrogens (tertiary/aromatic N) is 2. The molecule has 0 saturated carbocycles. The zero-order valence-electron chi connectivity index (χ0n) is 13.7. The monoisotopic (exact) mass is 303 g/mol. The molecular weight excluding hydrogens is 278 g/mol. The molecular formula is C17H25N3O2. The fourth-order valence-electron chi connectivity index (χ4n) is 2.46. The number of aliphatic hydroxyl groups excluding tert-OH is 1. The van der Waals surface area contributed by atoms with E-state index in [4.69, 9.17) is 4.74 Å². The van der Waals surface area contributed by atoms with E-state index in [1.54, 1.807) is 7.11 Å². The Balaban J connectivity index is 1.90. The van der Waals surface area contributed by atoms with Crippen LogP contribution in [0.5, 0.6) is 5.75 Å². The zero-order valence-corrected chi connectivity index (χ0v) is 13.7. The molecule has 0 amide bonds. The van der Waals surface area contributed by atoms with Gasteiger partial charge in [-0.25, -0.2) is 0 Å². The Labute approximate surface area is 131 Å². The first-order chi connectivity index (χ1) is 10.5. The SMILES string of the molecule is COc1ccc([C@@H](O)CNCc2cn(C)nc2C(C)C)cc1. The predicted molar refractivity (Wildman–Crippen MR) is 87.0 cm³/mol. The quantitative estimate of drug-likeness (QED) is 0.824. The van der Waals surface area contributed by atoms with Crippen LogP contribution >= 0.6 is 0 Å². The summed E-state index contributed by atoms with van der Waals surface area (Å²) in [6.45, 7) is 5.48. The number of aromatic nitrogens is 2. The Kier molecular flexibility index (Phi) is 5.57. The number of aryl methyl sites for hydroxylation is 1. The van der Waals surface area contributed by atoms with E-state index in [2.05, 4.69) is 24.3 Å². The highest BCUT2D eigenvalue weighted by Crippen LogP contribution is 2.19. The van der Waals surface area contributed by atoms with Crippen molar-refractivity contribution in [2.45, 2.75) is 32.4 Å². The molecule has 2 N–H and O–H groups in total.